The zero-order chi connectivity index (χ0) is 18.7. The summed E-state index contributed by atoms with van der Waals surface area (Å²) in [4.78, 5) is 16.3. The lowest BCUT2D eigenvalue weighted by Crippen LogP contribution is -2.22. The van der Waals surface area contributed by atoms with Gasteiger partial charge in [0.25, 0.3) is 0 Å². The third kappa shape index (κ3) is 3.99. The van der Waals surface area contributed by atoms with Crippen molar-refractivity contribution in [2.75, 3.05) is 5.75 Å². The van der Waals surface area contributed by atoms with Crippen LogP contribution in [-0.2, 0) is 4.79 Å². The number of carbonyl (C=O) groups is 1. The molecule has 0 aliphatic heterocycles. The van der Waals surface area contributed by atoms with Gasteiger partial charge in [-0.15, -0.1) is 10.2 Å². The average molecular weight is 370 g/mol. The van der Waals surface area contributed by atoms with Crippen LogP contribution in [-0.4, -0.2) is 31.3 Å². The Morgan fingerprint density at radius 1 is 1.08 bits per heavy atom. The van der Waals surface area contributed by atoms with Gasteiger partial charge in [0.2, 0.25) is 0 Å². The highest BCUT2D eigenvalue weighted by Crippen LogP contribution is 2.29. The number of pyridine rings is 1. The molecule has 0 radical (unpaired) electrons. The molecule has 134 valence electrons. The van der Waals surface area contributed by atoms with E-state index in [9.17, 15) is 9.18 Å². The van der Waals surface area contributed by atoms with Crippen LogP contribution in [0.15, 0.2) is 53.9 Å². The molecule has 0 fully saturated rings. The SMILES string of the molecule is CC(C)(C)C(=O)CSc1nnc(-c2ccncc2)n1-c1ccc(F)cc1. The third-order valence-corrected chi connectivity index (χ3v) is 4.75. The fourth-order valence-corrected chi connectivity index (χ4v) is 3.33. The molecule has 26 heavy (non-hydrogen) atoms. The predicted molar refractivity (Wildman–Crippen MR) is 99.7 cm³/mol. The van der Waals surface area contributed by atoms with E-state index in [-0.39, 0.29) is 11.6 Å². The molecule has 7 heteroatoms. The van der Waals surface area contributed by atoms with E-state index in [0.29, 0.717) is 16.7 Å². The van der Waals surface area contributed by atoms with Gasteiger partial charge in [0.1, 0.15) is 11.6 Å². The van der Waals surface area contributed by atoms with Crippen molar-refractivity contribution in [3.05, 3.63) is 54.6 Å². The lowest BCUT2D eigenvalue weighted by molar-refractivity contribution is -0.123. The summed E-state index contributed by atoms with van der Waals surface area (Å²) in [6.07, 6.45) is 3.35. The third-order valence-electron chi connectivity index (χ3n) is 3.83. The highest BCUT2D eigenvalue weighted by molar-refractivity contribution is 7.99. The summed E-state index contributed by atoms with van der Waals surface area (Å²) in [5.74, 6) is 0.717. The number of thioether (sulfide) groups is 1. The molecule has 1 aromatic carbocycles. The molecule has 0 saturated heterocycles. The molecule has 5 nitrogen and oxygen atoms in total. The van der Waals surface area contributed by atoms with Gasteiger partial charge < -0.3 is 0 Å². The Morgan fingerprint density at radius 2 is 1.73 bits per heavy atom. The lowest BCUT2D eigenvalue weighted by atomic mass is 9.92. The summed E-state index contributed by atoms with van der Waals surface area (Å²) in [6.45, 7) is 5.68. The normalized spacial score (nSPS) is 11.5. The van der Waals surface area contributed by atoms with Crippen LogP contribution in [0.1, 0.15) is 20.8 Å². The molecule has 2 heterocycles. The van der Waals surface area contributed by atoms with Gasteiger partial charge >= 0.3 is 0 Å². The first-order valence-electron chi connectivity index (χ1n) is 8.14. The average Bonchev–Trinajstić information content (AvgIpc) is 3.04. The van der Waals surface area contributed by atoms with Crippen LogP contribution < -0.4 is 0 Å². The molecule has 0 saturated carbocycles. The second-order valence-corrected chi connectivity index (χ2v) is 7.76. The van der Waals surface area contributed by atoms with Gasteiger partial charge in [0, 0.05) is 29.1 Å². The number of benzene rings is 1. The summed E-state index contributed by atoms with van der Waals surface area (Å²) in [6, 6.07) is 9.77. The molecular weight excluding hydrogens is 351 g/mol. The quantitative estimate of drug-likeness (QED) is 0.631. The zero-order valence-corrected chi connectivity index (χ0v) is 15.6. The topological polar surface area (TPSA) is 60.7 Å². The van der Waals surface area contributed by atoms with Crippen LogP contribution in [0.25, 0.3) is 17.1 Å². The fraction of sp³-hybridized carbons (Fsp3) is 0.263. The van der Waals surface area contributed by atoms with Crippen molar-refractivity contribution in [2.24, 2.45) is 5.41 Å². The highest BCUT2D eigenvalue weighted by atomic mass is 32.2. The van der Waals surface area contributed by atoms with Gasteiger partial charge in [-0.1, -0.05) is 32.5 Å². The van der Waals surface area contributed by atoms with Crippen molar-refractivity contribution >= 4 is 17.5 Å². The molecule has 3 aromatic rings. The largest absolute Gasteiger partial charge is 0.298 e. The van der Waals surface area contributed by atoms with Crippen molar-refractivity contribution in [3.63, 3.8) is 0 Å². The Bertz CT molecular complexity index is 902. The van der Waals surface area contributed by atoms with E-state index in [1.165, 1.54) is 23.9 Å². The number of aromatic nitrogens is 4. The van der Waals surface area contributed by atoms with Crippen molar-refractivity contribution in [2.45, 2.75) is 25.9 Å². The molecule has 0 aliphatic carbocycles. The van der Waals surface area contributed by atoms with Gasteiger partial charge in [0.05, 0.1) is 5.75 Å². The van der Waals surface area contributed by atoms with Crippen LogP contribution in [0.2, 0.25) is 0 Å². The molecule has 0 aliphatic rings. The highest BCUT2D eigenvalue weighted by Gasteiger charge is 2.23. The molecular formula is C19H19FN4OS. The maximum Gasteiger partial charge on any atom is 0.196 e. The van der Waals surface area contributed by atoms with E-state index in [2.05, 4.69) is 15.2 Å². The number of halogens is 1. The Kier molecular flexibility index (Phi) is 5.18. The van der Waals surface area contributed by atoms with E-state index in [1.54, 1.807) is 24.5 Å². The first-order chi connectivity index (χ1) is 12.4. The van der Waals surface area contributed by atoms with Crippen LogP contribution in [0, 0.1) is 11.2 Å². The van der Waals surface area contributed by atoms with Crippen molar-refractivity contribution < 1.29 is 9.18 Å². The van der Waals surface area contributed by atoms with E-state index in [0.717, 1.165) is 11.3 Å². The Labute approximate surface area is 155 Å². The van der Waals surface area contributed by atoms with Crippen LogP contribution in [0.3, 0.4) is 0 Å². The van der Waals surface area contributed by atoms with E-state index >= 15 is 0 Å². The number of nitrogens with zero attached hydrogens (tertiary/aromatic N) is 4. The maximum atomic E-state index is 13.3. The monoisotopic (exact) mass is 370 g/mol. The van der Waals surface area contributed by atoms with E-state index < -0.39 is 5.41 Å². The predicted octanol–water partition coefficient (Wildman–Crippen LogP) is 4.18. The Hall–Kier alpha value is -2.54. The molecule has 2 aromatic heterocycles. The van der Waals surface area contributed by atoms with Crippen LogP contribution >= 0.6 is 11.8 Å². The molecule has 3 rings (SSSR count). The number of hydrogen-bond donors (Lipinski definition) is 0. The number of rotatable bonds is 5. The second kappa shape index (κ2) is 7.37. The first kappa shape index (κ1) is 18.3. The zero-order valence-electron chi connectivity index (χ0n) is 14.8. The fourth-order valence-electron chi connectivity index (χ4n) is 2.22. The number of hydrogen-bond acceptors (Lipinski definition) is 5. The Morgan fingerprint density at radius 3 is 2.35 bits per heavy atom. The minimum Gasteiger partial charge on any atom is -0.298 e. The summed E-state index contributed by atoms with van der Waals surface area (Å²) in [5.41, 5.74) is 1.15. The standard InChI is InChI=1S/C19H19FN4OS/c1-19(2,3)16(25)12-26-18-23-22-17(13-8-10-21-11-9-13)24(18)15-6-4-14(20)5-7-15/h4-11H,12H2,1-3H3. The summed E-state index contributed by atoms with van der Waals surface area (Å²) >= 11 is 1.33. The molecule has 0 atom stereocenters. The van der Waals surface area contributed by atoms with Gasteiger partial charge in [-0.2, -0.15) is 0 Å². The van der Waals surface area contributed by atoms with Crippen LogP contribution in [0.5, 0.6) is 0 Å². The van der Waals surface area contributed by atoms with Crippen molar-refractivity contribution in [1.29, 1.82) is 0 Å². The maximum absolute atomic E-state index is 13.3. The van der Waals surface area contributed by atoms with E-state index in [4.69, 9.17) is 0 Å². The van der Waals surface area contributed by atoms with E-state index in [1.807, 2.05) is 37.5 Å². The van der Waals surface area contributed by atoms with Gasteiger partial charge in [-0.3, -0.25) is 14.3 Å². The second-order valence-electron chi connectivity index (χ2n) is 6.82. The smallest absolute Gasteiger partial charge is 0.196 e. The summed E-state index contributed by atoms with van der Waals surface area (Å²) < 4.78 is 15.2. The van der Waals surface area contributed by atoms with Gasteiger partial charge in [-0.25, -0.2) is 4.39 Å². The summed E-state index contributed by atoms with van der Waals surface area (Å²) in [7, 11) is 0. The van der Waals surface area contributed by atoms with Crippen molar-refractivity contribution in [1.82, 2.24) is 19.7 Å². The van der Waals surface area contributed by atoms with Crippen LogP contribution in [0.4, 0.5) is 4.39 Å². The lowest BCUT2D eigenvalue weighted by Gasteiger charge is -2.16. The number of carbonyl (C=O) groups excluding carboxylic acids is 1. The van der Waals surface area contributed by atoms with Gasteiger partial charge in [-0.05, 0) is 36.4 Å². The molecule has 0 bridgehead atoms. The Balaban J connectivity index is 2.01. The number of ketones is 1. The molecule has 0 N–H and O–H groups in total. The summed E-state index contributed by atoms with van der Waals surface area (Å²) in [5, 5.41) is 9.12. The minimum absolute atomic E-state index is 0.126. The molecule has 0 unspecified atom stereocenters. The van der Waals surface area contributed by atoms with Crippen molar-refractivity contribution in [3.8, 4) is 17.1 Å². The minimum atomic E-state index is -0.415. The first-order valence-corrected chi connectivity index (χ1v) is 9.12. The molecule has 0 spiro atoms. The number of Topliss-reactive ketones (excluding diaryl/α,β-unsaturated/α-hetero) is 1. The molecule has 0 amide bonds. The van der Waals surface area contributed by atoms with Gasteiger partial charge in [0.15, 0.2) is 11.0 Å².